The van der Waals surface area contributed by atoms with Crippen LogP contribution in [0.15, 0.2) is 170 Å². The summed E-state index contributed by atoms with van der Waals surface area (Å²) in [5, 5.41) is 5.72. The zero-order valence-corrected chi connectivity index (χ0v) is 44.0. The van der Waals surface area contributed by atoms with Gasteiger partial charge in [0.05, 0.1) is 50.0 Å². The molecular formula is C67H64N6. The van der Waals surface area contributed by atoms with Gasteiger partial charge in [0.25, 0.3) is 0 Å². The third-order valence-corrected chi connectivity index (χ3v) is 14.9. The van der Waals surface area contributed by atoms with Crippen molar-refractivity contribution >= 4 is 65.4 Å². The highest BCUT2D eigenvalue weighted by molar-refractivity contribution is 6.12. The first-order valence-corrected chi connectivity index (χ1v) is 25.5. The number of hydrogen-bond acceptors (Lipinski definition) is 3. The lowest BCUT2D eigenvalue weighted by Crippen LogP contribution is -2.10. The van der Waals surface area contributed by atoms with Gasteiger partial charge in [0, 0.05) is 43.4 Å². The molecule has 6 heteroatoms. The Labute approximate surface area is 434 Å². The van der Waals surface area contributed by atoms with Gasteiger partial charge < -0.3 is 9.13 Å². The Bertz CT molecular complexity index is 4080. The minimum Gasteiger partial charge on any atom is -0.309 e. The molecule has 0 bridgehead atoms. The molecule has 0 aliphatic carbocycles. The van der Waals surface area contributed by atoms with Crippen LogP contribution in [0.5, 0.6) is 0 Å². The first-order valence-electron chi connectivity index (χ1n) is 27.5. The molecule has 0 saturated heterocycles. The van der Waals surface area contributed by atoms with E-state index in [9.17, 15) is 2.74 Å². The maximum Gasteiger partial charge on any atom is 0.238 e. The van der Waals surface area contributed by atoms with E-state index in [1.807, 2.05) is 36.4 Å². The van der Waals surface area contributed by atoms with Crippen LogP contribution in [-0.4, -0.2) is 28.7 Å². The predicted molar refractivity (Wildman–Crippen MR) is 309 cm³/mol. The van der Waals surface area contributed by atoms with E-state index in [-0.39, 0.29) is 51.8 Å². The fourth-order valence-corrected chi connectivity index (χ4v) is 10.7. The van der Waals surface area contributed by atoms with E-state index in [0.29, 0.717) is 33.5 Å². The van der Waals surface area contributed by atoms with Crippen LogP contribution < -0.4 is 0 Å². The second kappa shape index (κ2) is 16.3. The van der Waals surface area contributed by atoms with E-state index in [2.05, 4.69) is 201 Å². The summed E-state index contributed by atoms with van der Waals surface area (Å²) in [6.45, 7) is 27.1. The van der Waals surface area contributed by atoms with E-state index in [4.69, 9.17) is 17.7 Å². The van der Waals surface area contributed by atoms with Crippen molar-refractivity contribution in [2.45, 2.75) is 105 Å². The van der Waals surface area contributed by atoms with Crippen LogP contribution in [0.1, 0.15) is 111 Å². The molecule has 0 saturated carbocycles. The van der Waals surface area contributed by atoms with E-state index in [1.165, 1.54) is 22.3 Å². The van der Waals surface area contributed by atoms with Gasteiger partial charge in [-0.05, 0) is 129 Å². The van der Waals surface area contributed by atoms with E-state index in [1.54, 1.807) is 4.57 Å². The lowest BCUT2D eigenvalue weighted by molar-refractivity contribution is 0.590. The number of nitrogens with zero attached hydrogens (tertiary/aromatic N) is 6. The molecule has 0 aliphatic heterocycles. The number of fused-ring (bicyclic) bond motifs is 9. The number of hydrogen-bond donors (Lipinski definition) is 0. The number of benzene rings is 8. The molecule has 0 radical (unpaired) electrons. The second-order valence-corrected chi connectivity index (χ2v) is 24.0. The molecule has 8 aromatic carbocycles. The molecule has 0 spiro atoms. The number of para-hydroxylation sites is 4. The van der Waals surface area contributed by atoms with E-state index >= 15 is 0 Å². The van der Waals surface area contributed by atoms with Crippen molar-refractivity contribution in [2.24, 2.45) is 0 Å². The van der Waals surface area contributed by atoms with Gasteiger partial charge in [0.2, 0.25) is 5.95 Å². The molecule has 0 unspecified atom stereocenters. The first-order chi connectivity index (χ1) is 36.4. The third kappa shape index (κ3) is 7.64. The van der Waals surface area contributed by atoms with Crippen molar-refractivity contribution in [1.82, 2.24) is 28.7 Å². The molecule has 12 aromatic rings. The normalized spacial score (nSPS) is 13.7. The summed E-state index contributed by atoms with van der Waals surface area (Å²) < 4.78 is 42.9. The minimum absolute atomic E-state index is 0.0739. The Morgan fingerprint density at radius 1 is 0.329 bits per heavy atom. The SMILES string of the molecule is [2H]c1c([2H])c([2H])c2c(c1[2H])c1ccccc1n2-c1nc(-c2ccccc2-n2c3ccc(C(C)(C)C)cc3c3cc(C(C)(C)C)ccc32)nc(-c2ccccc2-n2c3ccc(C(C)(C)C)cc3c3cc(C(C)(C)C)ccc32)n1. The van der Waals surface area contributed by atoms with Crippen LogP contribution in [0, 0.1) is 0 Å². The lowest BCUT2D eigenvalue weighted by atomic mass is 9.85. The summed E-state index contributed by atoms with van der Waals surface area (Å²) >= 11 is 0. The lowest BCUT2D eigenvalue weighted by Gasteiger charge is -2.20. The van der Waals surface area contributed by atoms with Crippen LogP contribution in [-0.2, 0) is 21.7 Å². The van der Waals surface area contributed by atoms with Gasteiger partial charge in [-0.3, -0.25) is 4.57 Å². The molecule has 73 heavy (non-hydrogen) atoms. The molecule has 0 atom stereocenters. The Morgan fingerprint density at radius 3 is 1.10 bits per heavy atom. The smallest absolute Gasteiger partial charge is 0.238 e. The predicted octanol–water partition coefficient (Wildman–Crippen LogP) is 17.7. The van der Waals surface area contributed by atoms with Crippen molar-refractivity contribution in [1.29, 1.82) is 0 Å². The first kappa shape index (κ1) is 41.8. The monoisotopic (exact) mass is 957 g/mol. The van der Waals surface area contributed by atoms with Gasteiger partial charge in [-0.2, -0.15) is 9.97 Å². The molecule has 0 fully saturated rings. The molecule has 0 N–H and O–H groups in total. The number of rotatable bonds is 5. The molecule has 4 heterocycles. The molecule has 4 aromatic heterocycles. The van der Waals surface area contributed by atoms with Crippen molar-refractivity contribution in [3.63, 3.8) is 0 Å². The summed E-state index contributed by atoms with van der Waals surface area (Å²) in [4.78, 5) is 16.4. The van der Waals surface area contributed by atoms with Gasteiger partial charge in [0.1, 0.15) is 0 Å². The average Bonchev–Trinajstić information content (AvgIpc) is 4.27. The molecule has 0 aliphatic rings. The van der Waals surface area contributed by atoms with Gasteiger partial charge in [-0.15, -0.1) is 0 Å². The standard InChI is InChI=1S/C67H64N6/c1-64(2,3)41-29-33-57-49(37-41)50-38-42(65(4,5)6)30-34-58(50)71(57)55-27-19-15-23-47(55)61-68-62(70-63(69-61)73-53-25-17-13-21-45(53)46-22-14-18-26-54(46)73)48-24-16-20-28-56(48)72-59-35-31-43(66(7,8)9)39-51(59)52-40-44(67(10,11)12)32-36-60(52)72/h13-40H,1-12H3/i13D,17D,21D,25D. The van der Waals surface area contributed by atoms with Crippen LogP contribution in [0.4, 0.5) is 0 Å². The largest absolute Gasteiger partial charge is 0.309 e. The van der Waals surface area contributed by atoms with E-state index in [0.717, 1.165) is 66.1 Å². The fourth-order valence-electron chi connectivity index (χ4n) is 10.7. The molecule has 362 valence electrons. The third-order valence-electron chi connectivity index (χ3n) is 14.9. The molecule has 12 rings (SSSR count). The second-order valence-electron chi connectivity index (χ2n) is 24.0. The number of aromatic nitrogens is 6. The van der Waals surface area contributed by atoms with Crippen LogP contribution in [0.2, 0.25) is 0 Å². The highest BCUT2D eigenvalue weighted by Gasteiger charge is 2.27. The summed E-state index contributed by atoms with van der Waals surface area (Å²) in [7, 11) is 0. The maximum atomic E-state index is 9.47. The molecular weight excluding hydrogens is 889 g/mol. The molecule has 0 amide bonds. The van der Waals surface area contributed by atoms with Crippen molar-refractivity contribution in [3.8, 4) is 40.1 Å². The van der Waals surface area contributed by atoms with E-state index < -0.39 is 0 Å². The molecule has 6 nitrogen and oxygen atoms in total. The highest BCUT2D eigenvalue weighted by atomic mass is 15.2. The van der Waals surface area contributed by atoms with Gasteiger partial charge in [-0.25, -0.2) is 4.98 Å². The Balaban J connectivity index is 1.19. The summed E-state index contributed by atoms with van der Waals surface area (Å²) in [6, 6.07) is 50.7. The van der Waals surface area contributed by atoms with Crippen LogP contribution >= 0.6 is 0 Å². The summed E-state index contributed by atoms with van der Waals surface area (Å²) in [5.41, 5.74) is 13.2. The Hall–Kier alpha value is -7.83. The van der Waals surface area contributed by atoms with Gasteiger partial charge in [-0.1, -0.05) is 168 Å². The minimum atomic E-state index is -0.331. The quantitative estimate of drug-likeness (QED) is 0.173. The van der Waals surface area contributed by atoms with Crippen molar-refractivity contribution < 1.29 is 5.48 Å². The zero-order valence-electron chi connectivity index (χ0n) is 48.0. The fraction of sp³-hybridized carbons (Fsp3) is 0.239. The van der Waals surface area contributed by atoms with Crippen molar-refractivity contribution in [2.75, 3.05) is 0 Å². The Kier molecular flexibility index (Phi) is 9.35. The summed E-state index contributed by atoms with van der Waals surface area (Å²) in [5.74, 6) is 1.04. The Morgan fingerprint density at radius 2 is 0.685 bits per heavy atom. The highest BCUT2D eigenvalue weighted by Crippen LogP contribution is 2.43. The van der Waals surface area contributed by atoms with Crippen molar-refractivity contribution in [3.05, 3.63) is 192 Å². The van der Waals surface area contributed by atoms with Gasteiger partial charge in [0.15, 0.2) is 11.6 Å². The van der Waals surface area contributed by atoms with Gasteiger partial charge >= 0.3 is 0 Å². The average molecular weight is 957 g/mol. The maximum absolute atomic E-state index is 9.47. The zero-order chi connectivity index (χ0) is 54.4. The van der Waals surface area contributed by atoms with Crippen LogP contribution in [0.3, 0.4) is 0 Å². The summed E-state index contributed by atoms with van der Waals surface area (Å²) in [6.07, 6.45) is 0. The van der Waals surface area contributed by atoms with Crippen LogP contribution in [0.25, 0.3) is 106 Å². The topological polar surface area (TPSA) is 53.5 Å².